The molecule has 0 spiro atoms. The van der Waals surface area contributed by atoms with E-state index in [-0.39, 0.29) is 6.04 Å². The van der Waals surface area contributed by atoms with Crippen LogP contribution in [0.25, 0.3) is 21.6 Å². The quantitative estimate of drug-likeness (QED) is 0.552. The fourth-order valence-electron chi connectivity index (χ4n) is 3.59. The second-order valence-electron chi connectivity index (χ2n) is 6.77. The van der Waals surface area contributed by atoms with Gasteiger partial charge in [0.1, 0.15) is 18.2 Å². The maximum Gasteiger partial charge on any atom is 0.176 e. The van der Waals surface area contributed by atoms with E-state index in [0.717, 1.165) is 58.5 Å². The standard InChI is InChI=1S/C20H20N6OS/c1-27-12-17-23-20-15(8-4-10-26(20)25-17)22-18-13-6-2-3-7-14(13)21-19(24-18)16-9-5-11-28-16/h2-3,5-7,9,11,15H,4,8,10,12H2,1H3,(H,21,22,24). The van der Waals surface area contributed by atoms with Gasteiger partial charge in [-0.3, -0.25) is 0 Å². The van der Waals surface area contributed by atoms with Crippen molar-refractivity contribution in [3.05, 3.63) is 53.4 Å². The number of fused-ring (bicyclic) bond motifs is 2. The van der Waals surface area contributed by atoms with Crippen molar-refractivity contribution in [2.75, 3.05) is 12.4 Å². The first-order valence-corrected chi connectivity index (χ1v) is 10.2. The van der Waals surface area contributed by atoms with Gasteiger partial charge in [0, 0.05) is 19.0 Å². The number of aromatic nitrogens is 5. The van der Waals surface area contributed by atoms with Crippen LogP contribution in [0, 0.1) is 0 Å². The van der Waals surface area contributed by atoms with Gasteiger partial charge in [-0.15, -0.1) is 11.3 Å². The number of benzene rings is 1. The highest BCUT2D eigenvalue weighted by Gasteiger charge is 2.25. The molecule has 0 saturated carbocycles. The molecule has 0 fully saturated rings. The van der Waals surface area contributed by atoms with Crippen molar-refractivity contribution in [2.45, 2.75) is 32.0 Å². The molecular weight excluding hydrogens is 372 g/mol. The van der Waals surface area contributed by atoms with Crippen molar-refractivity contribution >= 4 is 28.1 Å². The van der Waals surface area contributed by atoms with Crippen LogP contribution in [0.4, 0.5) is 5.82 Å². The molecule has 4 heterocycles. The molecule has 7 nitrogen and oxygen atoms in total. The summed E-state index contributed by atoms with van der Waals surface area (Å²) < 4.78 is 7.18. The molecule has 1 aliphatic rings. The first-order valence-electron chi connectivity index (χ1n) is 9.31. The fourth-order valence-corrected chi connectivity index (χ4v) is 4.25. The van der Waals surface area contributed by atoms with Crippen LogP contribution in [-0.2, 0) is 17.9 Å². The first kappa shape index (κ1) is 17.3. The van der Waals surface area contributed by atoms with E-state index in [2.05, 4.69) is 16.5 Å². The summed E-state index contributed by atoms with van der Waals surface area (Å²) in [7, 11) is 1.66. The van der Waals surface area contributed by atoms with Crippen LogP contribution in [0.2, 0.25) is 0 Å². The second-order valence-corrected chi connectivity index (χ2v) is 7.72. The molecule has 28 heavy (non-hydrogen) atoms. The van der Waals surface area contributed by atoms with Crippen LogP contribution in [0.15, 0.2) is 41.8 Å². The molecule has 1 unspecified atom stereocenters. The van der Waals surface area contributed by atoms with E-state index in [4.69, 9.17) is 19.7 Å². The van der Waals surface area contributed by atoms with Gasteiger partial charge in [-0.05, 0) is 36.4 Å². The molecule has 1 N–H and O–H groups in total. The number of anilines is 1. The summed E-state index contributed by atoms with van der Waals surface area (Å²) in [6, 6.07) is 12.2. The highest BCUT2D eigenvalue weighted by molar-refractivity contribution is 7.13. The molecule has 142 valence electrons. The fraction of sp³-hybridized carbons (Fsp3) is 0.300. The zero-order valence-electron chi connectivity index (χ0n) is 15.5. The lowest BCUT2D eigenvalue weighted by Gasteiger charge is -2.24. The molecule has 0 saturated heterocycles. The highest BCUT2D eigenvalue weighted by atomic mass is 32.1. The lowest BCUT2D eigenvalue weighted by molar-refractivity contribution is 0.177. The summed E-state index contributed by atoms with van der Waals surface area (Å²) in [5.74, 6) is 3.24. The average Bonchev–Trinajstić information content (AvgIpc) is 3.38. The van der Waals surface area contributed by atoms with Crippen molar-refractivity contribution < 1.29 is 4.74 Å². The van der Waals surface area contributed by atoms with Crippen molar-refractivity contribution in [3.63, 3.8) is 0 Å². The van der Waals surface area contributed by atoms with Gasteiger partial charge in [0.15, 0.2) is 11.6 Å². The zero-order valence-corrected chi connectivity index (χ0v) is 16.3. The SMILES string of the molecule is COCc1nc2n(n1)CCCC2Nc1nc(-c2cccs2)nc2ccccc12. The zero-order chi connectivity index (χ0) is 18.9. The Balaban J connectivity index is 1.55. The number of rotatable bonds is 5. The van der Waals surface area contributed by atoms with E-state index in [1.165, 1.54) is 0 Å². The monoisotopic (exact) mass is 392 g/mol. The average molecular weight is 392 g/mol. The van der Waals surface area contributed by atoms with E-state index in [1.54, 1.807) is 18.4 Å². The molecule has 8 heteroatoms. The molecular formula is C20H20N6OS. The van der Waals surface area contributed by atoms with Crippen LogP contribution in [0.3, 0.4) is 0 Å². The van der Waals surface area contributed by atoms with E-state index in [0.29, 0.717) is 6.61 Å². The molecule has 3 aromatic heterocycles. The number of methoxy groups -OCH3 is 1. The van der Waals surface area contributed by atoms with E-state index in [1.807, 2.05) is 40.4 Å². The van der Waals surface area contributed by atoms with Gasteiger partial charge in [-0.25, -0.2) is 19.6 Å². The molecule has 0 radical (unpaired) electrons. The maximum atomic E-state index is 5.20. The van der Waals surface area contributed by atoms with Gasteiger partial charge in [0.25, 0.3) is 0 Å². The number of para-hydroxylation sites is 1. The third-order valence-corrected chi connectivity index (χ3v) is 5.71. The molecule has 5 rings (SSSR count). The third kappa shape index (κ3) is 3.14. The molecule has 4 aromatic rings. The van der Waals surface area contributed by atoms with Gasteiger partial charge in [-0.2, -0.15) is 5.10 Å². The lowest BCUT2D eigenvalue weighted by atomic mass is 10.1. The number of nitrogens with zero attached hydrogens (tertiary/aromatic N) is 5. The Morgan fingerprint density at radius 2 is 2.11 bits per heavy atom. The largest absolute Gasteiger partial charge is 0.377 e. The van der Waals surface area contributed by atoms with Crippen molar-refractivity contribution in [1.29, 1.82) is 0 Å². The minimum atomic E-state index is 0.0568. The summed E-state index contributed by atoms with van der Waals surface area (Å²) in [6.45, 7) is 1.31. The molecule has 1 atom stereocenters. The molecule has 1 aliphatic heterocycles. The van der Waals surface area contributed by atoms with Crippen LogP contribution >= 0.6 is 11.3 Å². The van der Waals surface area contributed by atoms with Gasteiger partial charge >= 0.3 is 0 Å². The Morgan fingerprint density at radius 1 is 1.18 bits per heavy atom. The summed E-state index contributed by atoms with van der Waals surface area (Å²) >= 11 is 1.64. The number of hydrogen-bond acceptors (Lipinski definition) is 7. The third-order valence-electron chi connectivity index (χ3n) is 4.85. The van der Waals surface area contributed by atoms with Crippen LogP contribution in [0.5, 0.6) is 0 Å². The van der Waals surface area contributed by atoms with E-state index in [9.17, 15) is 0 Å². The Kier molecular flexibility index (Phi) is 4.50. The Morgan fingerprint density at radius 3 is 2.96 bits per heavy atom. The van der Waals surface area contributed by atoms with Crippen LogP contribution in [-0.4, -0.2) is 31.8 Å². The summed E-state index contributed by atoms with van der Waals surface area (Å²) in [4.78, 5) is 15.4. The number of thiophene rings is 1. The summed E-state index contributed by atoms with van der Waals surface area (Å²) in [5.41, 5.74) is 0.931. The van der Waals surface area contributed by atoms with E-state index >= 15 is 0 Å². The van der Waals surface area contributed by atoms with Crippen molar-refractivity contribution in [1.82, 2.24) is 24.7 Å². The predicted octanol–water partition coefficient (Wildman–Crippen LogP) is 4.04. The van der Waals surface area contributed by atoms with Crippen molar-refractivity contribution in [2.24, 2.45) is 0 Å². The first-order chi connectivity index (χ1) is 13.8. The number of nitrogens with one attached hydrogen (secondary N) is 1. The van der Waals surface area contributed by atoms with Gasteiger partial charge in [-0.1, -0.05) is 18.2 Å². The van der Waals surface area contributed by atoms with Crippen LogP contribution < -0.4 is 5.32 Å². The van der Waals surface area contributed by atoms with Gasteiger partial charge in [0.05, 0.1) is 16.4 Å². The summed E-state index contributed by atoms with van der Waals surface area (Å²) in [6.07, 6.45) is 2.03. The highest BCUT2D eigenvalue weighted by Crippen LogP contribution is 2.32. The molecule has 0 amide bonds. The molecule has 0 bridgehead atoms. The van der Waals surface area contributed by atoms with Gasteiger partial charge in [0.2, 0.25) is 0 Å². The normalized spacial score (nSPS) is 16.2. The minimum absolute atomic E-state index is 0.0568. The van der Waals surface area contributed by atoms with Gasteiger partial charge < -0.3 is 10.1 Å². The predicted molar refractivity (Wildman–Crippen MR) is 109 cm³/mol. The minimum Gasteiger partial charge on any atom is -0.377 e. The Hall–Kier alpha value is -2.84. The Labute approximate surface area is 166 Å². The number of hydrogen-bond donors (Lipinski definition) is 1. The topological polar surface area (TPSA) is 77.8 Å². The summed E-state index contributed by atoms with van der Waals surface area (Å²) in [5, 5.41) is 11.2. The van der Waals surface area contributed by atoms with E-state index < -0.39 is 0 Å². The van der Waals surface area contributed by atoms with Crippen molar-refractivity contribution in [3.8, 4) is 10.7 Å². The molecule has 1 aromatic carbocycles. The van der Waals surface area contributed by atoms with Crippen LogP contribution in [0.1, 0.15) is 30.5 Å². The number of ether oxygens (including phenoxy) is 1. The Bertz CT molecular complexity index is 1110. The number of aryl methyl sites for hydroxylation is 1. The smallest absolute Gasteiger partial charge is 0.176 e. The second kappa shape index (κ2) is 7.29. The molecule has 0 aliphatic carbocycles. The lowest BCUT2D eigenvalue weighted by Crippen LogP contribution is -2.23. The maximum absolute atomic E-state index is 5.20.